The van der Waals surface area contributed by atoms with Gasteiger partial charge in [-0.2, -0.15) is 0 Å². The Morgan fingerprint density at radius 1 is 0.889 bits per heavy atom. The molecule has 0 spiro atoms. The number of rotatable bonds is 9. The van der Waals surface area contributed by atoms with Crippen LogP contribution >= 0.6 is 23.1 Å². The summed E-state index contributed by atoms with van der Waals surface area (Å²) in [6, 6.07) is 27.3. The molecule has 1 heterocycles. The van der Waals surface area contributed by atoms with Crippen LogP contribution in [0.1, 0.15) is 31.2 Å². The van der Waals surface area contributed by atoms with Crippen LogP contribution in [-0.4, -0.2) is 23.4 Å². The highest BCUT2D eigenvalue weighted by Gasteiger charge is 2.16. The molecule has 0 saturated carbocycles. The van der Waals surface area contributed by atoms with Crippen LogP contribution in [0.15, 0.2) is 107 Å². The number of thioether (sulfide) groups is 1. The van der Waals surface area contributed by atoms with Crippen molar-refractivity contribution in [3.05, 3.63) is 124 Å². The van der Waals surface area contributed by atoms with Crippen LogP contribution in [0, 0.1) is 6.92 Å². The molecule has 5 nitrogen and oxygen atoms in total. The molecule has 1 aromatic heterocycles. The SMILES string of the molecule is Cc1ccccc1/C=C(\NC(=O)c1ccccc1)C(=O)Nc1cccc(SCC(=O)c2cccs2)c1. The lowest BCUT2D eigenvalue weighted by Gasteiger charge is -2.13. The minimum atomic E-state index is -0.445. The minimum Gasteiger partial charge on any atom is -0.321 e. The highest BCUT2D eigenvalue weighted by atomic mass is 32.2. The van der Waals surface area contributed by atoms with E-state index in [1.54, 1.807) is 36.4 Å². The zero-order valence-corrected chi connectivity index (χ0v) is 21.2. The van der Waals surface area contributed by atoms with Gasteiger partial charge in [-0.05, 0) is 65.9 Å². The topological polar surface area (TPSA) is 75.3 Å². The number of aryl methyl sites for hydroxylation is 1. The second-order valence-corrected chi connectivity index (χ2v) is 9.90. The first kappa shape index (κ1) is 25.2. The number of carbonyl (C=O) groups excluding carboxylic acids is 3. The molecule has 0 aliphatic heterocycles. The fraction of sp³-hybridized carbons (Fsp3) is 0.0690. The summed E-state index contributed by atoms with van der Waals surface area (Å²) < 4.78 is 0. The average Bonchev–Trinajstić information content (AvgIpc) is 3.44. The molecule has 4 rings (SSSR count). The number of hydrogen-bond acceptors (Lipinski definition) is 5. The largest absolute Gasteiger partial charge is 0.321 e. The molecule has 7 heteroatoms. The van der Waals surface area contributed by atoms with Gasteiger partial charge < -0.3 is 10.6 Å². The zero-order chi connectivity index (χ0) is 25.3. The Morgan fingerprint density at radius 3 is 2.42 bits per heavy atom. The van der Waals surface area contributed by atoms with Crippen molar-refractivity contribution in [3.8, 4) is 0 Å². The summed E-state index contributed by atoms with van der Waals surface area (Å²) >= 11 is 2.84. The van der Waals surface area contributed by atoms with Gasteiger partial charge >= 0.3 is 0 Å². The molecular formula is C29H24N2O3S2. The third-order valence-corrected chi connectivity index (χ3v) is 7.18. The van der Waals surface area contributed by atoms with Crippen molar-refractivity contribution in [1.29, 1.82) is 0 Å². The lowest BCUT2D eigenvalue weighted by atomic mass is 10.1. The van der Waals surface area contributed by atoms with Crippen molar-refractivity contribution in [2.24, 2.45) is 0 Å². The Balaban J connectivity index is 1.51. The number of amides is 2. The number of carbonyl (C=O) groups is 3. The molecule has 2 N–H and O–H groups in total. The van der Waals surface area contributed by atoms with Crippen LogP contribution < -0.4 is 10.6 Å². The Labute approximate surface area is 218 Å². The Bertz CT molecular complexity index is 1400. The fourth-order valence-corrected chi connectivity index (χ4v) is 4.96. The van der Waals surface area contributed by atoms with Gasteiger partial charge in [0.25, 0.3) is 11.8 Å². The lowest BCUT2D eigenvalue weighted by molar-refractivity contribution is -0.113. The first-order valence-corrected chi connectivity index (χ1v) is 13.1. The van der Waals surface area contributed by atoms with Crippen molar-refractivity contribution in [1.82, 2.24) is 5.32 Å². The molecule has 0 aliphatic rings. The van der Waals surface area contributed by atoms with Crippen LogP contribution in [0.5, 0.6) is 0 Å². The summed E-state index contributed by atoms with van der Waals surface area (Å²) in [4.78, 5) is 40.0. The quantitative estimate of drug-likeness (QED) is 0.154. The van der Waals surface area contributed by atoms with Gasteiger partial charge in [0.15, 0.2) is 5.78 Å². The number of benzene rings is 3. The van der Waals surface area contributed by atoms with Crippen LogP contribution in [0.3, 0.4) is 0 Å². The molecule has 0 unspecified atom stereocenters. The van der Waals surface area contributed by atoms with E-state index in [4.69, 9.17) is 0 Å². The Morgan fingerprint density at radius 2 is 1.67 bits per heavy atom. The molecule has 3 aromatic carbocycles. The molecule has 2 amide bonds. The molecule has 4 aromatic rings. The van der Waals surface area contributed by atoms with E-state index < -0.39 is 5.91 Å². The second kappa shape index (κ2) is 12.2. The number of anilines is 1. The Hall–Kier alpha value is -3.94. The number of hydrogen-bond donors (Lipinski definition) is 2. The van der Waals surface area contributed by atoms with E-state index in [0.29, 0.717) is 17.0 Å². The van der Waals surface area contributed by atoms with Crippen molar-refractivity contribution in [3.63, 3.8) is 0 Å². The maximum absolute atomic E-state index is 13.3. The van der Waals surface area contributed by atoms with E-state index in [9.17, 15) is 14.4 Å². The van der Waals surface area contributed by atoms with Gasteiger partial charge in [0.2, 0.25) is 0 Å². The smallest absolute Gasteiger partial charge is 0.272 e. The fourth-order valence-electron chi connectivity index (χ4n) is 3.37. The summed E-state index contributed by atoms with van der Waals surface area (Å²) in [5.41, 5.74) is 2.95. The predicted octanol–water partition coefficient (Wildman–Crippen LogP) is 6.44. The van der Waals surface area contributed by atoms with Crippen LogP contribution in [-0.2, 0) is 4.79 Å². The molecule has 0 saturated heterocycles. The second-order valence-electron chi connectivity index (χ2n) is 7.91. The third kappa shape index (κ3) is 6.81. The van der Waals surface area contributed by atoms with Crippen molar-refractivity contribution in [2.45, 2.75) is 11.8 Å². The van der Waals surface area contributed by atoms with E-state index in [-0.39, 0.29) is 17.4 Å². The maximum Gasteiger partial charge on any atom is 0.272 e. The normalized spacial score (nSPS) is 11.1. The molecule has 0 bridgehead atoms. The first-order chi connectivity index (χ1) is 17.5. The van der Waals surface area contributed by atoms with Crippen LogP contribution in [0.25, 0.3) is 6.08 Å². The standard InChI is InChI=1S/C29H24N2O3S2/c1-20-9-5-6-12-22(20)17-25(31-28(33)21-10-3-2-4-11-21)29(34)30-23-13-7-14-24(18-23)36-19-26(32)27-15-8-16-35-27/h2-18H,19H2,1H3,(H,30,34)(H,31,33)/b25-17-. The van der Waals surface area contributed by atoms with Gasteiger partial charge in [-0.15, -0.1) is 23.1 Å². The van der Waals surface area contributed by atoms with Crippen LogP contribution in [0.2, 0.25) is 0 Å². The molecule has 0 radical (unpaired) electrons. The first-order valence-electron chi connectivity index (χ1n) is 11.2. The molecule has 36 heavy (non-hydrogen) atoms. The summed E-state index contributed by atoms with van der Waals surface area (Å²) in [6.45, 7) is 1.94. The van der Waals surface area contributed by atoms with Crippen molar-refractivity contribution < 1.29 is 14.4 Å². The highest BCUT2D eigenvalue weighted by Crippen LogP contribution is 2.24. The van der Waals surface area contributed by atoms with E-state index in [1.807, 2.05) is 73.0 Å². The summed E-state index contributed by atoms with van der Waals surface area (Å²) in [5.74, 6) is -0.443. The van der Waals surface area contributed by atoms with E-state index in [1.165, 1.54) is 23.1 Å². The molecular weight excluding hydrogens is 488 g/mol. The van der Waals surface area contributed by atoms with Gasteiger partial charge in [0.05, 0.1) is 10.6 Å². The van der Waals surface area contributed by atoms with Crippen molar-refractivity contribution in [2.75, 3.05) is 11.1 Å². The maximum atomic E-state index is 13.3. The zero-order valence-electron chi connectivity index (χ0n) is 19.6. The van der Waals surface area contributed by atoms with Gasteiger partial charge in [-0.3, -0.25) is 14.4 Å². The molecule has 0 aliphatic carbocycles. The monoisotopic (exact) mass is 512 g/mol. The summed E-state index contributed by atoms with van der Waals surface area (Å²) in [6.07, 6.45) is 1.67. The Kier molecular flexibility index (Phi) is 8.49. The van der Waals surface area contributed by atoms with E-state index >= 15 is 0 Å². The lowest BCUT2D eigenvalue weighted by Crippen LogP contribution is -2.30. The number of nitrogens with one attached hydrogen (secondary N) is 2. The van der Waals surface area contributed by atoms with E-state index in [2.05, 4.69) is 10.6 Å². The number of ketones is 1. The average molecular weight is 513 g/mol. The molecule has 0 atom stereocenters. The van der Waals surface area contributed by atoms with Gasteiger partial charge in [-0.25, -0.2) is 0 Å². The number of thiophene rings is 1. The van der Waals surface area contributed by atoms with Gasteiger partial charge in [0, 0.05) is 16.1 Å². The minimum absolute atomic E-state index is 0.0662. The third-order valence-electron chi connectivity index (χ3n) is 5.27. The summed E-state index contributed by atoms with van der Waals surface area (Å²) in [7, 11) is 0. The highest BCUT2D eigenvalue weighted by molar-refractivity contribution is 8.00. The van der Waals surface area contributed by atoms with Gasteiger partial charge in [0.1, 0.15) is 5.70 Å². The number of Topliss-reactive ketones (excluding diaryl/α,β-unsaturated/α-hetero) is 1. The van der Waals surface area contributed by atoms with E-state index in [0.717, 1.165) is 20.9 Å². The van der Waals surface area contributed by atoms with Crippen LogP contribution in [0.4, 0.5) is 5.69 Å². The molecule has 180 valence electrons. The summed E-state index contributed by atoms with van der Waals surface area (Å²) in [5, 5.41) is 7.52. The van der Waals surface area contributed by atoms with Gasteiger partial charge in [-0.1, -0.05) is 54.6 Å². The predicted molar refractivity (Wildman–Crippen MR) is 148 cm³/mol. The van der Waals surface area contributed by atoms with Crippen molar-refractivity contribution >= 4 is 52.5 Å². The molecule has 0 fully saturated rings.